The average molecular weight is 485 g/mol. The summed E-state index contributed by atoms with van der Waals surface area (Å²) in [4.78, 5) is 0. The standard InChI is InChI=1S/C29H59NO2P/c1-6-8-9-10-11-12-13-14-15-16-17-18-19-20-21-22-23-24-25-26-28-29(27-7-2,33(31)32)30(3,4)5/h9-10H,6-8,11-28H2,1-5H3/q+1. The fourth-order valence-electron chi connectivity index (χ4n) is 4.99. The summed E-state index contributed by atoms with van der Waals surface area (Å²) in [5.41, 5.74) is 0. The SMILES string of the molecule is CCCC=CCCCCCCCCCCCCCCCCCC(CCC)(P(=O)=O)[N+](C)(C)C. The van der Waals surface area contributed by atoms with Crippen LogP contribution >= 0.6 is 7.68 Å². The van der Waals surface area contributed by atoms with Gasteiger partial charge < -0.3 is 4.48 Å². The summed E-state index contributed by atoms with van der Waals surface area (Å²) in [5, 5.41) is -0.588. The van der Waals surface area contributed by atoms with E-state index in [0.717, 1.165) is 25.7 Å². The van der Waals surface area contributed by atoms with Crippen LogP contribution in [0.2, 0.25) is 0 Å². The molecule has 1 atom stereocenters. The first kappa shape index (κ1) is 32.6. The zero-order valence-electron chi connectivity index (χ0n) is 23.2. The maximum atomic E-state index is 12.1. The highest BCUT2D eigenvalue weighted by Crippen LogP contribution is 2.44. The molecule has 4 heteroatoms. The molecule has 0 bridgehead atoms. The molecule has 0 aliphatic rings. The quantitative estimate of drug-likeness (QED) is 0.0591. The van der Waals surface area contributed by atoms with Crippen LogP contribution in [0.25, 0.3) is 0 Å². The number of unbranched alkanes of at least 4 members (excludes halogenated alkanes) is 16. The Bertz CT molecular complexity index is 528. The predicted molar refractivity (Wildman–Crippen MR) is 147 cm³/mol. The molecule has 0 aliphatic carbocycles. The number of nitrogens with zero attached hydrogens (tertiary/aromatic N) is 1. The number of hydrogen-bond acceptors (Lipinski definition) is 2. The lowest BCUT2D eigenvalue weighted by atomic mass is 9.99. The van der Waals surface area contributed by atoms with E-state index in [1.54, 1.807) is 0 Å². The number of rotatable bonds is 24. The molecule has 0 spiro atoms. The number of hydrogen-bond donors (Lipinski definition) is 0. The lowest BCUT2D eigenvalue weighted by Gasteiger charge is -2.41. The second-order valence-electron chi connectivity index (χ2n) is 11.1. The molecule has 33 heavy (non-hydrogen) atoms. The molecule has 0 aromatic rings. The van der Waals surface area contributed by atoms with E-state index in [1.807, 2.05) is 21.1 Å². The summed E-state index contributed by atoms with van der Waals surface area (Å²) in [7, 11) is 3.69. The Hall–Kier alpha value is -0.400. The number of quaternary nitrogens is 1. The van der Waals surface area contributed by atoms with Gasteiger partial charge in [-0.2, -0.15) is 0 Å². The normalized spacial score (nSPS) is 14.1. The monoisotopic (exact) mass is 484 g/mol. The Morgan fingerprint density at radius 1 is 0.545 bits per heavy atom. The molecular weight excluding hydrogens is 425 g/mol. The lowest BCUT2D eigenvalue weighted by Crippen LogP contribution is -2.53. The molecule has 0 N–H and O–H groups in total. The first-order valence-electron chi connectivity index (χ1n) is 14.4. The van der Waals surface area contributed by atoms with Gasteiger partial charge >= 0.3 is 7.68 Å². The molecule has 0 aromatic heterocycles. The van der Waals surface area contributed by atoms with Crippen LogP contribution in [-0.4, -0.2) is 30.9 Å². The van der Waals surface area contributed by atoms with Gasteiger partial charge in [-0.3, -0.25) is 0 Å². The zero-order chi connectivity index (χ0) is 24.8. The van der Waals surface area contributed by atoms with Gasteiger partial charge in [-0.15, -0.1) is 0 Å². The van der Waals surface area contributed by atoms with E-state index in [1.165, 1.54) is 109 Å². The Morgan fingerprint density at radius 3 is 1.30 bits per heavy atom. The number of allylic oxidation sites excluding steroid dienone is 2. The van der Waals surface area contributed by atoms with Gasteiger partial charge in [0.1, 0.15) is 0 Å². The molecule has 0 saturated carbocycles. The molecule has 0 amide bonds. The van der Waals surface area contributed by atoms with Crippen molar-refractivity contribution in [2.45, 2.75) is 154 Å². The molecule has 0 saturated heterocycles. The van der Waals surface area contributed by atoms with Crippen LogP contribution in [0.15, 0.2) is 12.2 Å². The Balaban J connectivity index is 3.56. The van der Waals surface area contributed by atoms with E-state index >= 15 is 0 Å². The van der Waals surface area contributed by atoms with Gasteiger partial charge in [-0.1, -0.05) is 116 Å². The van der Waals surface area contributed by atoms with Gasteiger partial charge in [0.15, 0.2) is 0 Å². The highest BCUT2D eigenvalue weighted by atomic mass is 31.1. The van der Waals surface area contributed by atoms with Crippen LogP contribution in [0.4, 0.5) is 0 Å². The van der Waals surface area contributed by atoms with Crippen LogP contribution in [0.1, 0.15) is 149 Å². The lowest BCUT2D eigenvalue weighted by molar-refractivity contribution is -0.908. The Morgan fingerprint density at radius 2 is 0.939 bits per heavy atom. The third-order valence-electron chi connectivity index (χ3n) is 7.31. The van der Waals surface area contributed by atoms with Crippen molar-refractivity contribution < 1.29 is 13.6 Å². The van der Waals surface area contributed by atoms with Gasteiger partial charge in [-0.05, 0) is 32.1 Å². The Labute approximate surface area is 208 Å². The molecule has 0 aliphatic heterocycles. The van der Waals surface area contributed by atoms with Gasteiger partial charge in [0.25, 0.3) is 0 Å². The highest BCUT2D eigenvalue weighted by molar-refractivity contribution is 7.32. The maximum absolute atomic E-state index is 12.1. The maximum Gasteiger partial charge on any atom is 0.378 e. The second kappa shape index (κ2) is 20.9. The third-order valence-corrected chi connectivity index (χ3v) is 9.04. The molecular formula is C29H59NO2P+. The average Bonchev–Trinajstić information content (AvgIpc) is 2.76. The molecule has 0 fully saturated rings. The minimum absolute atomic E-state index is 0.524. The highest BCUT2D eigenvalue weighted by Gasteiger charge is 2.47. The second-order valence-corrected chi connectivity index (χ2v) is 12.5. The third kappa shape index (κ3) is 16.0. The summed E-state index contributed by atoms with van der Waals surface area (Å²) in [5.74, 6) is 0. The van der Waals surface area contributed by atoms with Crippen LogP contribution in [-0.2, 0) is 9.13 Å². The van der Waals surface area contributed by atoms with E-state index in [-0.39, 0.29) is 0 Å². The van der Waals surface area contributed by atoms with Gasteiger partial charge in [-0.25, -0.2) is 9.13 Å². The van der Waals surface area contributed by atoms with E-state index in [2.05, 4.69) is 26.0 Å². The van der Waals surface area contributed by atoms with Crippen LogP contribution in [0.5, 0.6) is 0 Å². The summed E-state index contributed by atoms with van der Waals surface area (Å²) in [6.07, 6.45) is 31.1. The predicted octanol–water partition coefficient (Wildman–Crippen LogP) is 10.3. The van der Waals surface area contributed by atoms with Crippen molar-refractivity contribution in [3.8, 4) is 0 Å². The van der Waals surface area contributed by atoms with E-state index in [4.69, 9.17) is 0 Å². The minimum atomic E-state index is -2.42. The first-order chi connectivity index (χ1) is 15.8. The van der Waals surface area contributed by atoms with Gasteiger partial charge in [0, 0.05) is 12.8 Å². The molecule has 196 valence electrons. The molecule has 0 aromatic carbocycles. The van der Waals surface area contributed by atoms with E-state index in [0.29, 0.717) is 4.48 Å². The smallest absolute Gasteiger partial charge is 0.314 e. The van der Waals surface area contributed by atoms with Crippen molar-refractivity contribution in [3.63, 3.8) is 0 Å². The zero-order valence-corrected chi connectivity index (χ0v) is 24.1. The fraction of sp³-hybridized carbons (Fsp3) is 0.931. The van der Waals surface area contributed by atoms with Crippen molar-refractivity contribution in [3.05, 3.63) is 12.2 Å². The van der Waals surface area contributed by atoms with E-state index in [9.17, 15) is 9.13 Å². The van der Waals surface area contributed by atoms with E-state index < -0.39 is 13.0 Å². The Kier molecular flexibility index (Phi) is 20.7. The van der Waals surface area contributed by atoms with Crippen molar-refractivity contribution in [1.29, 1.82) is 0 Å². The van der Waals surface area contributed by atoms with Gasteiger partial charge in [0.2, 0.25) is 5.28 Å². The summed E-state index contributed by atoms with van der Waals surface area (Å²) in [6, 6.07) is 0. The molecule has 3 nitrogen and oxygen atoms in total. The van der Waals surface area contributed by atoms with Crippen molar-refractivity contribution in [1.82, 2.24) is 0 Å². The summed E-state index contributed by atoms with van der Waals surface area (Å²) in [6.45, 7) is 4.33. The first-order valence-corrected chi connectivity index (χ1v) is 15.6. The molecule has 0 heterocycles. The van der Waals surface area contributed by atoms with Crippen LogP contribution in [0.3, 0.4) is 0 Å². The van der Waals surface area contributed by atoms with Crippen molar-refractivity contribution >= 4 is 7.68 Å². The van der Waals surface area contributed by atoms with Crippen molar-refractivity contribution in [2.75, 3.05) is 21.1 Å². The summed E-state index contributed by atoms with van der Waals surface area (Å²) < 4.78 is 24.7. The topological polar surface area (TPSA) is 34.1 Å². The van der Waals surface area contributed by atoms with Crippen LogP contribution in [0, 0.1) is 0 Å². The van der Waals surface area contributed by atoms with Crippen molar-refractivity contribution in [2.24, 2.45) is 0 Å². The fourth-order valence-corrected chi connectivity index (χ4v) is 6.23. The molecule has 0 radical (unpaired) electrons. The summed E-state index contributed by atoms with van der Waals surface area (Å²) >= 11 is 0. The largest absolute Gasteiger partial charge is 0.378 e. The molecule has 1 unspecified atom stereocenters. The molecule has 0 rings (SSSR count). The van der Waals surface area contributed by atoms with Gasteiger partial charge in [0.05, 0.1) is 21.1 Å². The van der Waals surface area contributed by atoms with Crippen LogP contribution < -0.4 is 0 Å². The minimum Gasteiger partial charge on any atom is -0.314 e.